The molecule has 0 saturated carbocycles. The van der Waals surface area contributed by atoms with Crippen LogP contribution in [0.4, 0.5) is 0 Å². The van der Waals surface area contributed by atoms with E-state index in [2.05, 4.69) is 0 Å². The molecular formula is C18H14O6. The number of allylic oxidation sites excluding steroid dienone is 1. The number of ether oxygens (including phenoxy) is 2. The zero-order valence-electron chi connectivity index (χ0n) is 13.0. The Kier molecular flexibility index (Phi) is 3.73. The first-order valence-electron chi connectivity index (χ1n) is 7.06. The first-order valence-corrected chi connectivity index (χ1v) is 7.06. The minimum atomic E-state index is -0.895. The van der Waals surface area contributed by atoms with Gasteiger partial charge in [-0.2, -0.15) is 0 Å². The van der Waals surface area contributed by atoms with Gasteiger partial charge in [-0.1, -0.05) is 18.2 Å². The predicted octanol–water partition coefficient (Wildman–Crippen LogP) is 2.60. The van der Waals surface area contributed by atoms with Gasteiger partial charge >= 0.3 is 0 Å². The molecule has 2 N–H and O–H groups in total. The Morgan fingerprint density at radius 3 is 2.25 bits per heavy atom. The Balaban J connectivity index is 2.26. The van der Waals surface area contributed by atoms with Crippen LogP contribution in [0.5, 0.6) is 17.2 Å². The Bertz CT molecular complexity index is 894. The van der Waals surface area contributed by atoms with Crippen molar-refractivity contribution in [2.45, 2.75) is 0 Å². The van der Waals surface area contributed by atoms with Crippen molar-refractivity contribution in [3.8, 4) is 17.2 Å². The molecule has 0 heterocycles. The Morgan fingerprint density at radius 2 is 1.58 bits per heavy atom. The van der Waals surface area contributed by atoms with Crippen LogP contribution in [-0.2, 0) is 4.79 Å². The number of aliphatic hydroxyl groups is 1. The topological polar surface area (TPSA) is 93.1 Å². The van der Waals surface area contributed by atoms with E-state index in [1.807, 2.05) is 0 Å². The standard InChI is InChI=1S/C18H14O6/c1-23-12-7-6-9(8-13(12)24-2)14-16(20)10-4-3-5-11(19)15(10)18(22)17(14)21/h3-8,19-20H,1-2H3. The number of phenolic OH excluding ortho intramolecular Hbond substituents is 1. The number of hydrogen-bond acceptors (Lipinski definition) is 6. The number of phenols is 1. The summed E-state index contributed by atoms with van der Waals surface area (Å²) in [6, 6.07) is 8.87. The fourth-order valence-corrected chi connectivity index (χ4v) is 2.70. The molecule has 2 aromatic carbocycles. The molecule has 0 bridgehead atoms. The molecule has 1 aliphatic rings. The van der Waals surface area contributed by atoms with Crippen molar-refractivity contribution in [1.29, 1.82) is 0 Å². The smallest absolute Gasteiger partial charge is 0.238 e. The summed E-state index contributed by atoms with van der Waals surface area (Å²) in [5.74, 6) is -1.66. The van der Waals surface area contributed by atoms with E-state index in [9.17, 15) is 19.8 Å². The van der Waals surface area contributed by atoms with E-state index >= 15 is 0 Å². The molecular weight excluding hydrogens is 312 g/mol. The van der Waals surface area contributed by atoms with Crippen LogP contribution in [0, 0.1) is 0 Å². The van der Waals surface area contributed by atoms with Gasteiger partial charge in [-0.25, -0.2) is 0 Å². The van der Waals surface area contributed by atoms with E-state index in [0.717, 1.165) is 0 Å². The van der Waals surface area contributed by atoms with Crippen molar-refractivity contribution in [2.24, 2.45) is 0 Å². The number of fused-ring (bicyclic) bond motifs is 1. The first-order chi connectivity index (χ1) is 11.5. The number of hydrogen-bond donors (Lipinski definition) is 2. The third kappa shape index (κ3) is 2.20. The number of Topliss-reactive ketones (excluding diaryl/α,β-unsaturated/α-hetero) is 2. The minimum Gasteiger partial charge on any atom is -0.507 e. The highest BCUT2D eigenvalue weighted by Crippen LogP contribution is 2.39. The second-order valence-electron chi connectivity index (χ2n) is 5.15. The fraction of sp³-hybridized carbons (Fsp3) is 0.111. The van der Waals surface area contributed by atoms with E-state index in [-0.39, 0.29) is 28.2 Å². The number of methoxy groups -OCH3 is 2. The van der Waals surface area contributed by atoms with Crippen LogP contribution in [-0.4, -0.2) is 36.0 Å². The lowest BCUT2D eigenvalue weighted by atomic mass is 9.84. The quantitative estimate of drug-likeness (QED) is 0.842. The lowest BCUT2D eigenvalue weighted by Gasteiger charge is -2.19. The van der Waals surface area contributed by atoms with Crippen molar-refractivity contribution in [3.63, 3.8) is 0 Å². The van der Waals surface area contributed by atoms with E-state index in [1.54, 1.807) is 12.1 Å². The third-order valence-corrected chi connectivity index (χ3v) is 3.87. The maximum Gasteiger partial charge on any atom is 0.238 e. The third-order valence-electron chi connectivity index (χ3n) is 3.87. The van der Waals surface area contributed by atoms with E-state index < -0.39 is 11.6 Å². The van der Waals surface area contributed by atoms with Crippen LogP contribution in [0.2, 0.25) is 0 Å². The van der Waals surface area contributed by atoms with Crippen molar-refractivity contribution in [2.75, 3.05) is 14.2 Å². The maximum absolute atomic E-state index is 12.5. The van der Waals surface area contributed by atoms with Crippen LogP contribution in [0.1, 0.15) is 21.5 Å². The number of benzene rings is 2. The van der Waals surface area contributed by atoms with E-state index in [1.165, 1.54) is 38.5 Å². The molecule has 3 rings (SSSR count). The van der Waals surface area contributed by atoms with Crippen LogP contribution < -0.4 is 9.47 Å². The fourth-order valence-electron chi connectivity index (χ4n) is 2.70. The molecule has 0 radical (unpaired) electrons. The van der Waals surface area contributed by atoms with Gasteiger partial charge in [-0.05, 0) is 23.8 Å². The Morgan fingerprint density at radius 1 is 0.875 bits per heavy atom. The summed E-state index contributed by atoms with van der Waals surface area (Å²) in [7, 11) is 2.92. The van der Waals surface area contributed by atoms with Gasteiger partial charge < -0.3 is 19.7 Å². The average molecular weight is 326 g/mol. The van der Waals surface area contributed by atoms with Gasteiger partial charge in [0.15, 0.2) is 11.5 Å². The molecule has 2 aromatic rings. The highest BCUT2D eigenvalue weighted by atomic mass is 16.5. The number of carbonyl (C=O) groups excluding carboxylic acids is 2. The summed E-state index contributed by atoms with van der Waals surface area (Å²) < 4.78 is 10.3. The normalized spacial score (nSPS) is 13.8. The molecule has 122 valence electrons. The van der Waals surface area contributed by atoms with Gasteiger partial charge in [-0.3, -0.25) is 9.59 Å². The Labute approximate surface area is 137 Å². The highest BCUT2D eigenvalue weighted by Gasteiger charge is 2.35. The van der Waals surface area contributed by atoms with Crippen LogP contribution in [0.3, 0.4) is 0 Å². The molecule has 0 amide bonds. The predicted molar refractivity (Wildman–Crippen MR) is 86.4 cm³/mol. The van der Waals surface area contributed by atoms with Gasteiger partial charge in [0.05, 0.1) is 25.4 Å². The minimum absolute atomic E-state index is 0.115. The zero-order valence-corrected chi connectivity index (χ0v) is 13.0. The number of ketones is 2. The summed E-state index contributed by atoms with van der Waals surface area (Å²) in [5.41, 5.74) is 0.102. The monoisotopic (exact) mass is 326 g/mol. The van der Waals surface area contributed by atoms with Crippen molar-refractivity contribution in [1.82, 2.24) is 0 Å². The summed E-state index contributed by atoms with van der Waals surface area (Å²) in [4.78, 5) is 24.8. The summed E-state index contributed by atoms with van der Waals surface area (Å²) in [6.07, 6.45) is 0. The highest BCUT2D eigenvalue weighted by molar-refractivity contribution is 6.62. The summed E-state index contributed by atoms with van der Waals surface area (Å²) in [5, 5.41) is 20.3. The van der Waals surface area contributed by atoms with Gasteiger partial charge in [0.25, 0.3) is 0 Å². The lowest BCUT2D eigenvalue weighted by molar-refractivity contribution is -0.110. The first kappa shape index (κ1) is 15.6. The maximum atomic E-state index is 12.5. The van der Waals surface area contributed by atoms with Crippen molar-refractivity contribution in [3.05, 3.63) is 53.1 Å². The molecule has 0 atom stereocenters. The number of aliphatic hydroxyl groups excluding tert-OH is 1. The zero-order chi connectivity index (χ0) is 17.4. The summed E-state index contributed by atoms with van der Waals surface area (Å²) >= 11 is 0. The molecule has 0 aliphatic heterocycles. The van der Waals surface area contributed by atoms with Gasteiger partial charge in [-0.15, -0.1) is 0 Å². The van der Waals surface area contributed by atoms with Crippen molar-refractivity contribution < 1.29 is 29.3 Å². The molecule has 24 heavy (non-hydrogen) atoms. The molecule has 1 aliphatic carbocycles. The molecule has 0 aromatic heterocycles. The van der Waals surface area contributed by atoms with Gasteiger partial charge in [0.2, 0.25) is 11.6 Å². The Hall–Kier alpha value is -3.28. The molecule has 0 unspecified atom stereocenters. The number of aromatic hydroxyl groups is 1. The molecule has 0 saturated heterocycles. The van der Waals surface area contributed by atoms with Crippen LogP contribution in [0.15, 0.2) is 36.4 Å². The van der Waals surface area contributed by atoms with E-state index in [0.29, 0.717) is 17.1 Å². The van der Waals surface area contributed by atoms with Gasteiger partial charge in [0.1, 0.15) is 11.5 Å². The van der Waals surface area contributed by atoms with Crippen molar-refractivity contribution >= 4 is 22.9 Å². The van der Waals surface area contributed by atoms with Crippen LogP contribution in [0.25, 0.3) is 11.3 Å². The lowest BCUT2D eigenvalue weighted by Crippen LogP contribution is -2.23. The second kappa shape index (κ2) is 5.73. The molecule has 6 nitrogen and oxygen atoms in total. The summed E-state index contributed by atoms with van der Waals surface area (Å²) in [6.45, 7) is 0. The largest absolute Gasteiger partial charge is 0.507 e. The second-order valence-corrected chi connectivity index (χ2v) is 5.15. The average Bonchev–Trinajstić information content (AvgIpc) is 2.59. The van der Waals surface area contributed by atoms with Gasteiger partial charge in [0, 0.05) is 5.56 Å². The number of carbonyl (C=O) groups is 2. The van der Waals surface area contributed by atoms with E-state index in [4.69, 9.17) is 9.47 Å². The molecule has 0 spiro atoms. The van der Waals surface area contributed by atoms with Crippen LogP contribution >= 0.6 is 0 Å². The molecule has 6 heteroatoms. The number of rotatable bonds is 3. The molecule has 0 fully saturated rings. The SMILES string of the molecule is COc1ccc(C2=C(O)c3cccc(O)c3C(=O)C2=O)cc1OC.